The molecule has 0 rings (SSSR count). The van der Waals surface area contributed by atoms with Gasteiger partial charge < -0.3 is 5.11 Å². The second-order valence-electron chi connectivity index (χ2n) is 3.36. The van der Waals surface area contributed by atoms with Crippen LogP contribution in [0.4, 0.5) is 0 Å². The van der Waals surface area contributed by atoms with Crippen LogP contribution < -0.4 is 0 Å². The molecule has 0 bridgehead atoms. The molecule has 0 saturated heterocycles. The molecule has 0 saturated carbocycles. The minimum atomic E-state index is 0.265. The Kier molecular flexibility index (Phi) is 8.56. The molecule has 0 heterocycles. The summed E-state index contributed by atoms with van der Waals surface area (Å²) in [6, 6.07) is 0. The van der Waals surface area contributed by atoms with E-state index in [1.54, 1.807) is 0 Å². The highest BCUT2D eigenvalue weighted by Crippen LogP contribution is 2.10. The third kappa shape index (κ3) is 8.31. The van der Waals surface area contributed by atoms with E-state index in [-0.39, 0.29) is 6.61 Å². The van der Waals surface area contributed by atoms with Crippen molar-refractivity contribution in [2.45, 2.75) is 33.1 Å². The van der Waals surface area contributed by atoms with Gasteiger partial charge in [-0.1, -0.05) is 13.8 Å². The van der Waals surface area contributed by atoms with Crippen LogP contribution in [-0.2, 0) is 4.79 Å². The van der Waals surface area contributed by atoms with E-state index < -0.39 is 0 Å². The molecule has 78 valence electrons. The van der Waals surface area contributed by atoms with Gasteiger partial charge in [0.2, 0.25) is 0 Å². The SMILES string of the molecule is CCC(=O)CCCSCC(C)CO. The van der Waals surface area contributed by atoms with Crippen molar-refractivity contribution in [3.63, 3.8) is 0 Å². The van der Waals surface area contributed by atoms with E-state index >= 15 is 0 Å². The summed E-state index contributed by atoms with van der Waals surface area (Å²) in [4.78, 5) is 10.9. The molecule has 1 atom stereocenters. The van der Waals surface area contributed by atoms with Gasteiger partial charge in [-0.3, -0.25) is 4.79 Å². The molecule has 13 heavy (non-hydrogen) atoms. The quantitative estimate of drug-likeness (QED) is 0.615. The zero-order valence-corrected chi connectivity index (χ0v) is 9.40. The summed E-state index contributed by atoms with van der Waals surface area (Å²) < 4.78 is 0. The lowest BCUT2D eigenvalue weighted by atomic mass is 10.2. The van der Waals surface area contributed by atoms with E-state index in [1.807, 2.05) is 25.6 Å². The summed E-state index contributed by atoms with van der Waals surface area (Å²) in [6.07, 6.45) is 2.37. The average molecular weight is 204 g/mol. The largest absolute Gasteiger partial charge is 0.396 e. The monoisotopic (exact) mass is 204 g/mol. The summed E-state index contributed by atoms with van der Waals surface area (Å²) in [5.74, 6) is 2.77. The Labute approximate surface area is 85.1 Å². The fourth-order valence-electron chi connectivity index (χ4n) is 0.885. The molecular formula is C10H20O2S. The predicted molar refractivity (Wildman–Crippen MR) is 58.1 cm³/mol. The van der Waals surface area contributed by atoms with Crippen LogP contribution in [0.1, 0.15) is 33.1 Å². The summed E-state index contributed by atoms with van der Waals surface area (Å²) in [5, 5.41) is 8.75. The van der Waals surface area contributed by atoms with E-state index in [0.29, 0.717) is 18.1 Å². The van der Waals surface area contributed by atoms with Crippen LogP contribution in [0, 0.1) is 5.92 Å². The van der Waals surface area contributed by atoms with Gasteiger partial charge in [-0.15, -0.1) is 0 Å². The molecule has 0 aliphatic heterocycles. The zero-order chi connectivity index (χ0) is 10.1. The van der Waals surface area contributed by atoms with Gasteiger partial charge >= 0.3 is 0 Å². The van der Waals surface area contributed by atoms with Crippen LogP contribution in [0.2, 0.25) is 0 Å². The maximum Gasteiger partial charge on any atom is 0.132 e. The number of hydrogen-bond acceptors (Lipinski definition) is 3. The molecule has 0 amide bonds. The lowest BCUT2D eigenvalue weighted by Gasteiger charge is -2.06. The van der Waals surface area contributed by atoms with Crippen molar-refractivity contribution in [3.8, 4) is 0 Å². The van der Waals surface area contributed by atoms with Crippen LogP contribution in [0.3, 0.4) is 0 Å². The highest BCUT2D eigenvalue weighted by atomic mass is 32.2. The molecule has 0 radical (unpaired) electrons. The van der Waals surface area contributed by atoms with Gasteiger partial charge in [0.1, 0.15) is 5.78 Å². The molecule has 0 aromatic rings. The molecule has 0 aliphatic carbocycles. The highest BCUT2D eigenvalue weighted by Gasteiger charge is 2.01. The van der Waals surface area contributed by atoms with Crippen LogP contribution in [0.5, 0.6) is 0 Å². The molecule has 0 aliphatic rings. The number of aliphatic hydroxyl groups excluding tert-OH is 1. The van der Waals surface area contributed by atoms with E-state index in [0.717, 1.165) is 24.3 Å². The van der Waals surface area contributed by atoms with E-state index in [1.165, 1.54) is 0 Å². The minimum Gasteiger partial charge on any atom is -0.396 e. The second kappa shape index (κ2) is 8.57. The Bertz CT molecular complexity index is 137. The third-order valence-electron chi connectivity index (χ3n) is 1.85. The average Bonchev–Trinajstić information content (AvgIpc) is 2.16. The number of rotatable bonds is 8. The smallest absolute Gasteiger partial charge is 0.132 e. The minimum absolute atomic E-state index is 0.265. The van der Waals surface area contributed by atoms with Gasteiger partial charge in [0.25, 0.3) is 0 Å². The molecule has 1 unspecified atom stereocenters. The van der Waals surface area contributed by atoms with Crippen molar-refractivity contribution in [1.29, 1.82) is 0 Å². The normalized spacial score (nSPS) is 12.8. The summed E-state index contributed by atoms with van der Waals surface area (Å²) in [6.45, 7) is 4.20. The Morgan fingerprint density at radius 3 is 2.77 bits per heavy atom. The topological polar surface area (TPSA) is 37.3 Å². The molecule has 2 nitrogen and oxygen atoms in total. The van der Waals surface area contributed by atoms with Gasteiger partial charge in [0.15, 0.2) is 0 Å². The van der Waals surface area contributed by atoms with Crippen molar-refractivity contribution in [2.24, 2.45) is 5.92 Å². The Balaban J connectivity index is 3.12. The first-order valence-corrected chi connectivity index (χ1v) is 6.06. The predicted octanol–water partition coefficient (Wildman–Crippen LogP) is 2.11. The van der Waals surface area contributed by atoms with Crippen molar-refractivity contribution >= 4 is 17.5 Å². The van der Waals surface area contributed by atoms with Gasteiger partial charge in [-0.2, -0.15) is 11.8 Å². The number of carbonyl (C=O) groups excluding carboxylic acids is 1. The Hall–Kier alpha value is -0.0200. The van der Waals surface area contributed by atoms with Crippen molar-refractivity contribution in [1.82, 2.24) is 0 Å². The summed E-state index contributed by atoms with van der Waals surface area (Å²) in [5.41, 5.74) is 0. The van der Waals surface area contributed by atoms with E-state index in [9.17, 15) is 4.79 Å². The van der Waals surface area contributed by atoms with Gasteiger partial charge in [-0.25, -0.2) is 0 Å². The molecule has 0 spiro atoms. The number of aliphatic hydroxyl groups is 1. The molecular weight excluding hydrogens is 184 g/mol. The first-order valence-electron chi connectivity index (χ1n) is 4.91. The van der Waals surface area contributed by atoms with Gasteiger partial charge in [0.05, 0.1) is 0 Å². The molecule has 0 fully saturated rings. The maximum atomic E-state index is 10.9. The lowest BCUT2D eigenvalue weighted by molar-refractivity contribution is -0.118. The first kappa shape index (κ1) is 13.0. The van der Waals surface area contributed by atoms with Crippen molar-refractivity contribution < 1.29 is 9.90 Å². The highest BCUT2D eigenvalue weighted by molar-refractivity contribution is 7.99. The first-order chi connectivity index (χ1) is 6.20. The van der Waals surface area contributed by atoms with Crippen LogP contribution in [0.15, 0.2) is 0 Å². The van der Waals surface area contributed by atoms with Crippen LogP contribution in [-0.4, -0.2) is 29.0 Å². The number of thioether (sulfide) groups is 1. The fourth-order valence-corrected chi connectivity index (χ4v) is 1.91. The fraction of sp³-hybridized carbons (Fsp3) is 0.900. The zero-order valence-electron chi connectivity index (χ0n) is 8.58. The summed E-state index contributed by atoms with van der Waals surface area (Å²) >= 11 is 1.83. The number of Topliss-reactive ketones (excluding diaryl/α,β-unsaturated/α-hetero) is 1. The maximum absolute atomic E-state index is 10.9. The Morgan fingerprint density at radius 2 is 2.23 bits per heavy atom. The van der Waals surface area contributed by atoms with Gasteiger partial charge in [-0.05, 0) is 23.8 Å². The molecule has 3 heteroatoms. The lowest BCUT2D eigenvalue weighted by Crippen LogP contribution is -2.04. The summed E-state index contributed by atoms with van der Waals surface area (Å²) in [7, 11) is 0. The standard InChI is InChI=1S/C10H20O2S/c1-3-10(12)5-4-6-13-8-9(2)7-11/h9,11H,3-8H2,1-2H3. The van der Waals surface area contributed by atoms with E-state index in [2.05, 4.69) is 0 Å². The van der Waals surface area contributed by atoms with E-state index in [4.69, 9.17) is 5.11 Å². The number of carbonyl (C=O) groups is 1. The Morgan fingerprint density at radius 1 is 1.54 bits per heavy atom. The van der Waals surface area contributed by atoms with Crippen molar-refractivity contribution in [2.75, 3.05) is 18.1 Å². The van der Waals surface area contributed by atoms with Gasteiger partial charge in [0, 0.05) is 19.4 Å². The number of ketones is 1. The number of hydrogen-bond donors (Lipinski definition) is 1. The van der Waals surface area contributed by atoms with Crippen molar-refractivity contribution in [3.05, 3.63) is 0 Å². The molecule has 0 aromatic heterocycles. The van der Waals surface area contributed by atoms with Crippen LogP contribution >= 0.6 is 11.8 Å². The molecule has 1 N–H and O–H groups in total. The molecule has 0 aromatic carbocycles. The second-order valence-corrected chi connectivity index (χ2v) is 4.51. The third-order valence-corrected chi connectivity index (χ3v) is 3.23. The van der Waals surface area contributed by atoms with Crippen LogP contribution in [0.25, 0.3) is 0 Å².